The van der Waals surface area contributed by atoms with Crippen LogP contribution in [0, 0.1) is 0 Å². The van der Waals surface area contributed by atoms with E-state index < -0.39 is 17.6 Å². The number of fused-ring (bicyclic) bond motifs is 1. The van der Waals surface area contributed by atoms with Gasteiger partial charge < -0.3 is 20.9 Å². The largest absolute Gasteiger partial charge is 0.342 e. The number of aromatic nitrogens is 1. The summed E-state index contributed by atoms with van der Waals surface area (Å²) < 4.78 is 0. The van der Waals surface area contributed by atoms with Crippen LogP contribution in [-0.4, -0.2) is 63.7 Å². The van der Waals surface area contributed by atoms with Crippen molar-refractivity contribution in [2.45, 2.75) is 82.0 Å². The standard InChI is InChI=1S/C23H33N5O3/c1-2-7-20(29)26-23(19-10-5-6-13-25-19)14-27(15-23)22(31)18-12-11-16-8-3-4-9-17(24)21(30)28(16)18/h5-6,10,13,16-18H,2-4,7-9,11-12,14-15,24H2,1H3,(H,26,29)/t16-,17-,18-/m0/s1. The minimum atomic E-state index is -0.669. The number of likely N-dealkylation sites (tertiary alicyclic amines) is 1. The molecule has 3 N–H and O–H groups in total. The fraction of sp³-hybridized carbons (Fsp3) is 0.652. The van der Waals surface area contributed by atoms with Gasteiger partial charge in [0, 0.05) is 18.7 Å². The van der Waals surface area contributed by atoms with Gasteiger partial charge in [0.05, 0.1) is 24.8 Å². The molecule has 3 aliphatic rings. The first kappa shape index (κ1) is 21.7. The Morgan fingerprint density at radius 1 is 1.19 bits per heavy atom. The maximum Gasteiger partial charge on any atom is 0.245 e. The molecule has 8 nitrogen and oxygen atoms in total. The molecule has 0 unspecified atom stereocenters. The predicted octanol–water partition coefficient (Wildman–Crippen LogP) is 1.30. The van der Waals surface area contributed by atoms with Crippen molar-refractivity contribution >= 4 is 17.7 Å². The lowest BCUT2D eigenvalue weighted by atomic mass is 9.84. The molecule has 0 aliphatic carbocycles. The van der Waals surface area contributed by atoms with Crippen molar-refractivity contribution in [2.75, 3.05) is 13.1 Å². The molecule has 0 spiro atoms. The average Bonchev–Trinajstić information content (AvgIpc) is 3.15. The first-order valence-corrected chi connectivity index (χ1v) is 11.5. The molecular formula is C23H33N5O3. The van der Waals surface area contributed by atoms with Crippen molar-refractivity contribution in [3.63, 3.8) is 0 Å². The number of hydrogen-bond acceptors (Lipinski definition) is 5. The van der Waals surface area contributed by atoms with E-state index in [1.165, 1.54) is 0 Å². The summed E-state index contributed by atoms with van der Waals surface area (Å²) in [6, 6.07) is 4.76. The van der Waals surface area contributed by atoms with E-state index in [0.29, 0.717) is 32.4 Å². The summed E-state index contributed by atoms with van der Waals surface area (Å²) in [6.07, 6.45) is 8.05. The fourth-order valence-corrected chi connectivity index (χ4v) is 5.28. The minimum absolute atomic E-state index is 0.0360. The maximum atomic E-state index is 13.4. The second-order valence-electron chi connectivity index (χ2n) is 9.17. The van der Waals surface area contributed by atoms with Crippen LogP contribution in [0.3, 0.4) is 0 Å². The zero-order valence-electron chi connectivity index (χ0n) is 18.3. The third kappa shape index (κ3) is 4.18. The second-order valence-corrected chi connectivity index (χ2v) is 9.17. The molecule has 4 rings (SSSR count). The van der Waals surface area contributed by atoms with Crippen molar-refractivity contribution in [2.24, 2.45) is 5.73 Å². The summed E-state index contributed by atoms with van der Waals surface area (Å²) in [5, 5.41) is 3.12. The van der Waals surface area contributed by atoms with Crippen LogP contribution < -0.4 is 11.1 Å². The van der Waals surface area contributed by atoms with Crippen LogP contribution >= 0.6 is 0 Å². The molecule has 3 amide bonds. The van der Waals surface area contributed by atoms with Crippen molar-refractivity contribution < 1.29 is 14.4 Å². The first-order valence-electron chi connectivity index (χ1n) is 11.5. The number of rotatable bonds is 5. The van der Waals surface area contributed by atoms with Crippen molar-refractivity contribution in [3.8, 4) is 0 Å². The summed E-state index contributed by atoms with van der Waals surface area (Å²) in [6.45, 7) is 2.70. The van der Waals surface area contributed by atoms with Gasteiger partial charge in [0.2, 0.25) is 17.7 Å². The third-order valence-electron chi connectivity index (χ3n) is 6.91. The average molecular weight is 428 g/mol. The van der Waals surface area contributed by atoms with E-state index >= 15 is 0 Å². The van der Waals surface area contributed by atoms with Crippen molar-refractivity contribution in [3.05, 3.63) is 30.1 Å². The number of pyridine rings is 1. The summed E-state index contributed by atoms with van der Waals surface area (Å²) in [5.74, 6) is -0.167. The van der Waals surface area contributed by atoms with Gasteiger partial charge in [-0.15, -0.1) is 0 Å². The van der Waals surface area contributed by atoms with Gasteiger partial charge in [0.15, 0.2) is 0 Å². The molecule has 3 saturated heterocycles. The van der Waals surface area contributed by atoms with E-state index in [9.17, 15) is 14.4 Å². The SMILES string of the molecule is CCCC(=O)NC1(c2ccccn2)CN(C(=O)[C@@H]2CC[C@@H]3CCCC[C@H](N)C(=O)N32)C1. The third-order valence-corrected chi connectivity index (χ3v) is 6.91. The van der Waals surface area contributed by atoms with Gasteiger partial charge in [-0.1, -0.05) is 25.8 Å². The van der Waals surface area contributed by atoms with E-state index in [4.69, 9.17) is 5.73 Å². The highest BCUT2D eigenvalue weighted by Crippen LogP contribution is 2.36. The van der Waals surface area contributed by atoms with Gasteiger partial charge in [-0.25, -0.2) is 0 Å². The van der Waals surface area contributed by atoms with Crippen LogP contribution in [0.25, 0.3) is 0 Å². The zero-order chi connectivity index (χ0) is 22.0. The van der Waals surface area contributed by atoms with Crippen LogP contribution in [0.15, 0.2) is 24.4 Å². The molecule has 0 bridgehead atoms. The quantitative estimate of drug-likeness (QED) is 0.736. The second kappa shape index (κ2) is 8.94. The van der Waals surface area contributed by atoms with Crippen molar-refractivity contribution in [1.82, 2.24) is 20.1 Å². The van der Waals surface area contributed by atoms with Crippen molar-refractivity contribution in [1.29, 1.82) is 0 Å². The van der Waals surface area contributed by atoms with Gasteiger partial charge in [-0.2, -0.15) is 0 Å². The van der Waals surface area contributed by atoms with Crippen LogP contribution in [0.2, 0.25) is 0 Å². The maximum absolute atomic E-state index is 13.4. The van der Waals surface area contributed by atoms with E-state index in [0.717, 1.165) is 37.8 Å². The van der Waals surface area contributed by atoms with E-state index in [-0.39, 0.29) is 23.8 Å². The summed E-state index contributed by atoms with van der Waals surface area (Å²) in [5.41, 5.74) is 6.21. The lowest BCUT2D eigenvalue weighted by Crippen LogP contribution is -2.71. The molecule has 0 radical (unpaired) electrons. The fourth-order valence-electron chi connectivity index (χ4n) is 5.28. The van der Waals surface area contributed by atoms with Gasteiger partial charge in [0.1, 0.15) is 11.6 Å². The zero-order valence-corrected chi connectivity index (χ0v) is 18.3. The molecule has 1 aromatic heterocycles. The molecule has 3 atom stereocenters. The Morgan fingerprint density at radius 2 is 1.97 bits per heavy atom. The van der Waals surface area contributed by atoms with Gasteiger partial charge in [0.25, 0.3) is 0 Å². The van der Waals surface area contributed by atoms with E-state index in [1.807, 2.05) is 25.1 Å². The Kier molecular flexibility index (Phi) is 6.27. The first-order chi connectivity index (χ1) is 14.9. The van der Waals surface area contributed by atoms with E-state index in [1.54, 1.807) is 16.0 Å². The summed E-state index contributed by atoms with van der Waals surface area (Å²) >= 11 is 0. The topological polar surface area (TPSA) is 109 Å². The smallest absolute Gasteiger partial charge is 0.245 e. The Balaban J connectivity index is 1.50. The van der Waals surface area contributed by atoms with Crippen LogP contribution in [0.5, 0.6) is 0 Å². The molecule has 3 fully saturated rings. The number of nitrogens with two attached hydrogens (primary N) is 1. The molecule has 0 aromatic carbocycles. The number of hydrogen-bond donors (Lipinski definition) is 2. The lowest BCUT2D eigenvalue weighted by molar-refractivity contribution is -0.153. The van der Waals surface area contributed by atoms with Gasteiger partial charge >= 0.3 is 0 Å². The molecule has 0 saturated carbocycles. The van der Waals surface area contributed by atoms with Gasteiger partial charge in [-0.3, -0.25) is 19.4 Å². The molecule has 4 heterocycles. The molecular weight excluding hydrogens is 394 g/mol. The molecule has 3 aliphatic heterocycles. The highest BCUT2D eigenvalue weighted by Gasteiger charge is 2.52. The molecule has 31 heavy (non-hydrogen) atoms. The number of nitrogens with zero attached hydrogens (tertiary/aromatic N) is 3. The van der Waals surface area contributed by atoms with Crippen LogP contribution in [0.4, 0.5) is 0 Å². The van der Waals surface area contributed by atoms with Crippen LogP contribution in [0.1, 0.15) is 64.0 Å². The highest BCUT2D eigenvalue weighted by molar-refractivity contribution is 5.91. The Morgan fingerprint density at radius 3 is 2.68 bits per heavy atom. The monoisotopic (exact) mass is 427 g/mol. The van der Waals surface area contributed by atoms with Crippen LogP contribution in [-0.2, 0) is 19.9 Å². The Bertz CT molecular complexity index is 824. The normalized spacial score (nSPS) is 27.7. The summed E-state index contributed by atoms with van der Waals surface area (Å²) in [7, 11) is 0. The number of carbonyl (C=O) groups is 3. The minimum Gasteiger partial charge on any atom is -0.342 e. The Hall–Kier alpha value is -2.48. The predicted molar refractivity (Wildman–Crippen MR) is 116 cm³/mol. The molecule has 8 heteroatoms. The molecule has 168 valence electrons. The summed E-state index contributed by atoms with van der Waals surface area (Å²) in [4.78, 5) is 46.8. The number of carbonyl (C=O) groups excluding carboxylic acids is 3. The number of amides is 3. The lowest BCUT2D eigenvalue weighted by Gasteiger charge is -2.51. The highest BCUT2D eigenvalue weighted by atomic mass is 16.2. The number of nitrogens with one attached hydrogen (secondary N) is 1. The van der Waals surface area contributed by atoms with E-state index in [2.05, 4.69) is 10.3 Å². The van der Waals surface area contributed by atoms with Gasteiger partial charge in [-0.05, 0) is 44.2 Å². The Labute approximate surface area is 183 Å². The molecule has 1 aromatic rings.